The van der Waals surface area contributed by atoms with E-state index in [0.717, 1.165) is 0 Å². The Bertz CT molecular complexity index is 145. The van der Waals surface area contributed by atoms with Gasteiger partial charge in [-0.1, -0.05) is 0 Å². The summed E-state index contributed by atoms with van der Waals surface area (Å²) >= 11 is 0. The van der Waals surface area contributed by atoms with Gasteiger partial charge in [0.05, 0.1) is 6.61 Å². The van der Waals surface area contributed by atoms with E-state index >= 15 is 0 Å². The summed E-state index contributed by atoms with van der Waals surface area (Å²) < 4.78 is 4.52. The number of carbonyl (C=O) groups is 1. The van der Waals surface area contributed by atoms with Crippen LogP contribution in [0, 0.1) is 0 Å². The van der Waals surface area contributed by atoms with Crippen molar-refractivity contribution in [1.29, 1.82) is 0 Å². The zero-order chi connectivity index (χ0) is 7.72. The van der Waals surface area contributed by atoms with E-state index in [-0.39, 0.29) is 0 Å². The van der Waals surface area contributed by atoms with Crippen molar-refractivity contribution in [2.75, 3.05) is 6.61 Å². The van der Waals surface area contributed by atoms with Crippen LogP contribution in [-0.2, 0) is 9.53 Å². The fourth-order valence-corrected chi connectivity index (χ4v) is 0.719. The number of carboxylic acid groups (broad SMARTS) is 1. The highest BCUT2D eigenvalue weighted by molar-refractivity contribution is 5.75. The van der Waals surface area contributed by atoms with Crippen LogP contribution in [0.4, 0.5) is 0 Å². The summed E-state index contributed by atoms with van der Waals surface area (Å²) in [5.41, 5.74) is 0. The molecular formula is C5H8O5. The average molecular weight is 148 g/mol. The van der Waals surface area contributed by atoms with E-state index < -0.39 is 30.9 Å². The maximum absolute atomic E-state index is 10.1. The lowest BCUT2D eigenvalue weighted by Crippen LogP contribution is -2.23. The van der Waals surface area contributed by atoms with Crippen molar-refractivity contribution in [3.63, 3.8) is 0 Å². The molecule has 0 unspecified atom stereocenters. The van der Waals surface area contributed by atoms with Crippen LogP contribution in [0.5, 0.6) is 0 Å². The van der Waals surface area contributed by atoms with Crippen LogP contribution < -0.4 is 0 Å². The number of aliphatic hydroxyl groups excluding tert-OH is 2. The minimum Gasteiger partial charge on any atom is -0.479 e. The van der Waals surface area contributed by atoms with Gasteiger partial charge in [0.2, 0.25) is 0 Å². The van der Waals surface area contributed by atoms with Gasteiger partial charge in [0.1, 0.15) is 12.2 Å². The van der Waals surface area contributed by atoms with Gasteiger partial charge >= 0.3 is 5.97 Å². The lowest BCUT2D eigenvalue weighted by atomic mass is 10.2. The van der Waals surface area contributed by atoms with Gasteiger partial charge in [0.25, 0.3) is 0 Å². The normalized spacial score (nSPS) is 33.4. The largest absolute Gasteiger partial charge is 0.479 e. The molecule has 5 nitrogen and oxygen atoms in total. The molecule has 1 heterocycles. The first-order valence-electron chi connectivity index (χ1n) is 2.84. The maximum Gasteiger partial charge on any atom is 0.335 e. The fourth-order valence-electron chi connectivity index (χ4n) is 0.719. The molecule has 5 heteroatoms. The minimum atomic E-state index is -1.10. The molecule has 0 bridgehead atoms. The highest BCUT2D eigenvalue weighted by Crippen LogP contribution is 2.25. The van der Waals surface area contributed by atoms with E-state index in [1.165, 1.54) is 0 Å². The molecule has 0 saturated carbocycles. The lowest BCUT2D eigenvalue weighted by Gasteiger charge is -1.98. The first-order valence-corrected chi connectivity index (χ1v) is 2.84. The highest BCUT2D eigenvalue weighted by Gasteiger charge is 2.49. The number of carboxylic acids is 1. The van der Waals surface area contributed by atoms with Gasteiger partial charge in [-0.05, 0) is 0 Å². The van der Waals surface area contributed by atoms with Crippen molar-refractivity contribution in [2.45, 2.75) is 18.3 Å². The Morgan fingerprint density at radius 3 is 2.60 bits per heavy atom. The quantitative estimate of drug-likeness (QED) is 0.410. The molecule has 3 N–H and O–H groups in total. The van der Waals surface area contributed by atoms with E-state index in [0.29, 0.717) is 0 Å². The molecule has 3 atom stereocenters. The van der Waals surface area contributed by atoms with E-state index in [1.807, 2.05) is 0 Å². The second-order valence-corrected chi connectivity index (χ2v) is 2.11. The zero-order valence-corrected chi connectivity index (χ0v) is 5.10. The number of hydrogen-bond acceptors (Lipinski definition) is 4. The summed E-state index contributed by atoms with van der Waals surface area (Å²) in [6, 6.07) is 0. The third-order valence-electron chi connectivity index (χ3n) is 1.34. The van der Waals surface area contributed by atoms with E-state index in [2.05, 4.69) is 4.74 Å². The number of ether oxygens (including phenoxy) is 1. The molecule has 0 aromatic heterocycles. The molecule has 58 valence electrons. The van der Waals surface area contributed by atoms with Gasteiger partial charge in [-0.25, -0.2) is 4.79 Å². The molecular weight excluding hydrogens is 140 g/mol. The monoisotopic (exact) mass is 148 g/mol. The number of aliphatic carboxylic acids is 1. The molecule has 0 aromatic rings. The van der Waals surface area contributed by atoms with Gasteiger partial charge in [-0.3, -0.25) is 0 Å². The highest BCUT2D eigenvalue weighted by atomic mass is 16.6. The van der Waals surface area contributed by atoms with Crippen molar-refractivity contribution in [3.8, 4) is 0 Å². The van der Waals surface area contributed by atoms with Crippen molar-refractivity contribution >= 4 is 5.97 Å². The standard InChI is InChI=1S/C5H8O5/c6-1-2(7)3-4(10-3)5(8)9/h2-4,6-7H,1H2,(H,8,9)/t2-,3-,4+/m0/s1. The van der Waals surface area contributed by atoms with E-state index in [4.69, 9.17) is 15.3 Å². The predicted octanol–water partition coefficient (Wildman–Crippen LogP) is -1.81. The molecule has 1 aliphatic heterocycles. The van der Waals surface area contributed by atoms with Gasteiger partial charge in [0.15, 0.2) is 6.10 Å². The molecule has 0 spiro atoms. The fraction of sp³-hybridized carbons (Fsp3) is 0.800. The Labute approximate surface area is 56.9 Å². The summed E-state index contributed by atoms with van der Waals surface area (Å²) in [5.74, 6) is -1.10. The second kappa shape index (κ2) is 2.53. The molecule has 0 amide bonds. The molecule has 0 aromatic carbocycles. The number of epoxide rings is 1. The van der Waals surface area contributed by atoms with Crippen LogP contribution in [0.1, 0.15) is 0 Å². The third-order valence-corrected chi connectivity index (χ3v) is 1.34. The van der Waals surface area contributed by atoms with Crippen LogP contribution in [0.15, 0.2) is 0 Å². The van der Waals surface area contributed by atoms with Gasteiger partial charge in [0, 0.05) is 0 Å². The van der Waals surface area contributed by atoms with Gasteiger partial charge in [-0.15, -0.1) is 0 Å². The van der Waals surface area contributed by atoms with E-state index in [1.54, 1.807) is 0 Å². The van der Waals surface area contributed by atoms with Crippen molar-refractivity contribution < 1.29 is 24.9 Å². The van der Waals surface area contributed by atoms with E-state index in [9.17, 15) is 4.79 Å². The van der Waals surface area contributed by atoms with Crippen LogP contribution in [0.3, 0.4) is 0 Å². The first-order chi connectivity index (χ1) is 4.66. The lowest BCUT2D eigenvalue weighted by molar-refractivity contribution is -0.138. The topological polar surface area (TPSA) is 90.3 Å². The smallest absolute Gasteiger partial charge is 0.335 e. The number of rotatable bonds is 3. The van der Waals surface area contributed by atoms with Gasteiger partial charge < -0.3 is 20.1 Å². The molecule has 1 saturated heterocycles. The Hall–Kier alpha value is -0.650. The minimum absolute atomic E-state index is 0.464. The summed E-state index contributed by atoms with van der Waals surface area (Å²) in [4.78, 5) is 10.1. The number of aliphatic hydroxyl groups is 2. The molecule has 0 aliphatic carbocycles. The average Bonchev–Trinajstić information content (AvgIpc) is 2.64. The molecule has 1 rings (SSSR count). The SMILES string of the molecule is O=C(O)[C@@H]1O[C@H]1[C@@H](O)CO. The number of hydrogen-bond donors (Lipinski definition) is 3. The zero-order valence-electron chi connectivity index (χ0n) is 5.10. The predicted molar refractivity (Wildman–Crippen MR) is 29.4 cm³/mol. The van der Waals surface area contributed by atoms with Crippen LogP contribution >= 0.6 is 0 Å². The maximum atomic E-state index is 10.1. The third kappa shape index (κ3) is 1.26. The first kappa shape index (κ1) is 7.46. The van der Waals surface area contributed by atoms with Crippen molar-refractivity contribution in [1.82, 2.24) is 0 Å². The summed E-state index contributed by atoms with van der Waals surface area (Å²) in [6.07, 6.45) is -2.72. The molecule has 1 aliphatic rings. The van der Waals surface area contributed by atoms with Crippen LogP contribution in [0.25, 0.3) is 0 Å². The second-order valence-electron chi connectivity index (χ2n) is 2.11. The van der Waals surface area contributed by atoms with Crippen molar-refractivity contribution in [2.24, 2.45) is 0 Å². The Morgan fingerprint density at radius 2 is 2.30 bits per heavy atom. The molecule has 10 heavy (non-hydrogen) atoms. The summed E-state index contributed by atoms with van der Waals surface area (Å²) in [5, 5.41) is 25.4. The molecule has 1 fully saturated rings. The Morgan fingerprint density at radius 1 is 1.70 bits per heavy atom. The molecule has 0 radical (unpaired) electrons. The van der Waals surface area contributed by atoms with Crippen molar-refractivity contribution in [3.05, 3.63) is 0 Å². The van der Waals surface area contributed by atoms with Crippen LogP contribution in [0.2, 0.25) is 0 Å². The Balaban J connectivity index is 2.31. The Kier molecular flexibility index (Phi) is 1.89. The summed E-state index contributed by atoms with van der Waals surface area (Å²) in [7, 11) is 0. The van der Waals surface area contributed by atoms with Gasteiger partial charge in [-0.2, -0.15) is 0 Å². The summed E-state index contributed by atoms with van der Waals surface area (Å²) in [6.45, 7) is -0.464. The van der Waals surface area contributed by atoms with Crippen LogP contribution in [-0.4, -0.2) is 46.2 Å².